The third kappa shape index (κ3) is 8.88. The van der Waals surface area contributed by atoms with Gasteiger partial charge in [0, 0.05) is 12.6 Å². The Hall–Kier alpha value is -1.60. The number of rotatable bonds is 9. The molecule has 1 unspecified atom stereocenters. The van der Waals surface area contributed by atoms with Gasteiger partial charge in [0.25, 0.3) is 0 Å². The van der Waals surface area contributed by atoms with Crippen molar-refractivity contribution >= 4 is 16.0 Å². The van der Waals surface area contributed by atoms with Crippen molar-refractivity contribution in [1.29, 1.82) is 0 Å². The average molecular weight is 369 g/mol. The molecule has 0 amide bonds. The maximum atomic E-state index is 11.3. The minimum Gasteiger partial charge on any atom is -0.357 e. The van der Waals surface area contributed by atoms with Gasteiger partial charge in [0.1, 0.15) is 0 Å². The van der Waals surface area contributed by atoms with Crippen LogP contribution in [0, 0.1) is 5.92 Å². The minimum atomic E-state index is -3.65. The predicted molar refractivity (Wildman–Crippen MR) is 104 cm³/mol. The number of sulfonamides is 1. The Kier molecular flexibility index (Phi) is 8.92. The number of benzene rings is 1. The molecule has 7 heteroatoms. The first-order valence-corrected chi connectivity index (χ1v) is 10.4. The first-order valence-electron chi connectivity index (χ1n) is 8.89. The summed E-state index contributed by atoms with van der Waals surface area (Å²) in [6.07, 6.45) is 3.53. The fourth-order valence-corrected chi connectivity index (χ4v) is 2.93. The first kappa shape index (κ1) is 21.4. The number of aliphatic imine (C=N–C) groups is 1. The smallest absolute Gasteiger partial charge is 0.238 e. The quantitative estimate of drug-likeness (QED) is 0.461. The van der Waals surface area contributed by atoms with Gasteiger partial charge in [-0.05, 0) is 43.9 Å². The van der Waals surface area contributed by atoms with Gasteiger partial charge in [0.05, 0.1) is 11.4 Å². The normalized spacial score (nSPS) is 13.8. The van der Waals surface area contributed by atoms with Gasteiger partial charge >= 0.3 is 0 Å². The van der Waals surface area contributed by atoms with Gasteiger partial charge in [0.15, 0.2) is 5.96 Å². The summed E-state index contributed by atoms with van der Waals surface area (Å²) in [6.45, 7) is 9.93. The van der Waals surface area contributed by atoms with Crippen LogP contribution in [0.3, 0.4) is 0 Å². The minimum absolute atomic E-state index is 0.115. The molecule has 0 aliphatic heterocycles. The Labute approximate surface area is 152 Å². The molecule has 142 valence electrons. The summed E-state index contributed by atoms with van der Waals surface area (Å²) < 4.78 is 22.6. The van der Waals surface area contributed by atoms with Crippen LogP contribution >= 0.6 is 0 Å². The Bertz CT molecular complexity index is 640. The van der Waals surface area contributed by atoms with Crippen molar-refractivity contribution < 1.29 is 8.42 Å². The molecule has 0 saturated carbocycles. The zero-order chi connectivity index (χ0) is 18.9. The van der Waals surface area contributed by atoms with Gasteiger partial charge in [-0.1, -0.05) is 38.8 Å². The van der Waals surface area contributed by atoms with Gasteiger partial charge in [-0.2, -0.15) is 0 Å². The zero-order valence-corrected chi connectivity index (χ0v) is 16.6. The van der Waals surface area contributed by atoms with Crippen LogP contribution in [-0.2, 0) is 16.6 Å². The summed E-state index contributed by atoms with van der Waals surface area (Å²) in [6, 6.07) is 6.84. The van der Waals surface area contributed by atoms with Crippen molar-refractivity contribution in [2.45, 2.75) is 64.4 Å². The van der Waals surface area contributed by atoms with Crippen molar-refractivity contribution in [2.24, 2.45) is 16.0 Å². The molecule has 0 aromatic heterocycles. The largest absolute Gasteiger partial charge is 0.357 e. The Morgan fingerprint density at radius 1 is 1.16 bits per heavy atom. The van der Waals surface area contributed by atoms with Gasteiger partial charge in [-0.15, -0.1) is 0 Å². The molecular weight excluding hydrogens is 336 g/mol. The van der Waals surface area contributed by atoms with Crippen LogP contribution in [0.5, 0.6) is 0 Å². The van der Waals surface area contributed by atoms with E-state index >= 15 is 0 Å². The molecule has 0 heterocycles. The van der Waals surface area contributed by atoms with Gasteiger partial charge in [0.2, 0.25) is 10.0 Å². The van der Waals surface area contributed by atoms with Crippen LogP contribution in [0.2, 0.25) is 0 Å². The third-order valence-corrected chi connectivity index (χ3v) is 4.75. The fraction of sp³-hybridized carbons (Fsp3) is 0.611. The highest BCUT2D eigenvalue weighted by Gasteiger charge is 2.08. The Morgan fingerprint density at radius 2 is 1.80 bits per heavy atom. The molecule has 0 saturated heterocycles. The highest BCUT2D eigenvalue weighted by molar-refractivity contribution is 7.89. The van der Waals surface area contributed by atoms with Crippen molar-refractivity contribution in [3.05, 3.63) is 29.8 Å². The molecule has 0 spiro atoms. The van der Waals surface area contributed by atoms with Gasteiger partial charge in [-0.25, -0.2) is 18.5 Å². The zero-order valence-electron chi connectivity index (χ0n) is 15.7. The molecule has 4 N–H and O–H groups in total. The van der Waals surface area contributed by atoms with Crippen LogP contribution < -0.4 is 15.8 Å². The lowest BCUT2D eigenvalue weighted by Crippen LogP contribution is -2.42. The van der Waals surface area contributed by atoms with E-state index in [-0.39, 0.29) is 4.90 Å². The van der Waals surface area contributed by atoms with E-state index in [4.69, 9.17) is 5.14 Å². The summed E-state index contributed by atoms with van der Waals surface area (Å²) in [5.74, 6) is 1.50. The molecule has 0 radical (unpaired) electrons. The number of nitrogens with two attached hydrogens (primary N) is 1. The third-order valence-electron chi connectivity index (χ3n) is 3.82. The van der Waals surface area contributed by atoms with E-state index in [0.29, 0.717) is 12.6 Å². The molecule has 1 rings (SSSR count). The topological polar surface area (TPSA) is 96.6 Å². The monoisotopic (exact) mass is 368 g/mol. The maximum Gasteiger partial charge on any atom is 0.238 e. The number of guanidine groups is 1. The number of nitrogens with one attached hydrogen (secondary N) is 2. The highest BCUT2D eigenvalue weighted by atomic mass is 32.2. The van der Waals surface area contributed by atoms with Crippen LogP contribution in [0.25, 0.3) is 0 Å². The van der Waals surface area contributed by atoms with Crippen molar-refractivity contribution in [3.8, 4) is 0 Å². The standard InChI is InChI=1S/C18H32N4O2S/c1-5-20-18(22-15(4)8-6-7-14(2)3)21-13-16-9-11-17(12-10-16)25(19,23)24/h9-12,14-15H,5-8,13H2,1-4H3,(H2,19,23,24)(H2,20,21,22). The fourth-order valence-electron chi connectivity index (χ4n) is 2.41. The second-order valence-electron chi connectivity index (χ2n) is 6.75. The molecule has 1 atom stereocenters. The van der Waals surface area contributed by atoms with Crippen molar-refractivity contribution in [1.82, 2.24) is 10.6 Å². The van der Waals surface area contributed by atoms with E-state index in [1.54, 1.807) is 12.1 Å². The van der Waals surface area contributed by atoms with E-state index in [0.717, 1.165) is 30.4 Å². The van der Waals surface area contributed by atoms with E-state index < -0.39 is 10.0 Å². The van der Waals surface area contributed by atoms with Crippen LogP contribution in [0.15, 0.2) is 34.2 Å². The van der Waals surface area contributed by atoms with E-state index in [9.17, 15) is 8.42 Å². The first-order chi connectivity index (χ1) is 11.7. The molecule has 0 bridgehead atoms. The summed E-state index contributed by atoms with van der Waals surface area (Å²) >= 11 is 0. The van der Waals surface area contributed by atoms with Crippen LogP contribution in [0.1, 0.15) is 52.5 Å². The molecule has 1 aromatic carbocycles. The Morgan fingerprint density at radius 3 is 2.32 bits per heavy atom. The number of nitrogens with zero attached hydrogens (tertiary/aromatic N) is 1. The number of hydrogen-bond donors (Lipinski definition) is 3. The maximum absolute atomic E-state index is 11.3. The summed E-state index contributed by atoms with van der Waals surface area (Å²) in [5, 5.41) is 11.8. The van der Waals surface area contributed by atoms with Crippen molar-refractivity contribution in [2.75, 3.05) is 6.54 Å². The van der Waals surface area contributed by atoms with Crippen LogP contribution in [0.4, 0.5) is 0 Å². The predicted octanol–water partition coefficient (Wildman–Crippen LogP) is 2.60. The van der Waals surface area contributed by atoms with E-state index in [1.807, 2.05) is 6.92 Å². The average Bonchev–Trinajstić information content (AvgIpc) is 2.52. The van der Waals surface area contributed by atoms with Crippen LogP contribution in [-0.4, -0.2) is 27.0 Å². The van der Waals surface area contributed by atoms with E-state index in [1.165, 1.54) is 25.0 Å². The SMILES string of the molecule is CCNC(=NCc1ccc(S(N)(=O)=O)cc1)NC(C)CCCC(C)C. The molecule has 25 heavy (non-hydrogen) atoms. The number of primary sulfonamides is 1. The van der Waals surface area contributed by atoms with Gasteiger partial charge < -0.3 is 10.6 Å². The second-order valence-corrected chi connectivity index (χ2v) is 8.32. The molecule has 0 aliphatic carbocycles. The molecule has 0 aliphatic rings. The van der Waals surface area contributed by atoms with Gasteiger partial charge in [-0.3, -0.25) is 0 Å². The van der Waals surface area contributed by atoms with Crippen molar-refractivity contribution in [3.63, 3.8) is 0 Å². The second kappa shape index (κ2) is 10.4. The lowest BCUT2D eigenvalue weighted by atomic mass is 10.0. The van der Waals surface area contributed by atoms with E-state index in [2.05, 4.69) is 36.4 Å². The lowest BCUT2D eigenvalue weighted by molar-refractivity contribution is 0.491. The Balaban J connectivity index is 2.62. The number of hydrogen-bond acceptors (Lipinski definition) is 3. The summed E-state index contributed by atoms with van der Waals surface area (Å²) in [5.41, 5.74) is 0.928. The summed E-state index contributed by atoms with van der Waals surface area (Å²) in [7, 11) is -3.65. The highest BCUT2D eigenvalue weighted by Crippen LogP contribution is 2.10. The molecular formula is C18H32N4O2S. The lowest BCUT2D eigenvalue weighted by Gasteiger charge is -2.18. The molecule has 1 aromatic rings. The molecule has 0 fully saturated rings. The molecule has 6 nitrogen and oxygen atoms in total. The summed E-state index contributed by atoms with van der Waals surface area (Å²) in [4.78, 5) is 4.69.